The van der Waals surface area contributed by atoms with E-state index in [1.807, 2.05) is 16.3 Å². The van der Waals surface area contributed by atoms with Gasteiger partial charge in [-0.1, -0.05) is 11.2 Å². The van der Waals surface area contributed by atoms with Crippen molar-refractivity contribution in [1.29, 1.82) is 0 Å². The van der Waals surface area contributed by atoms with Crippen LogP contribution in [-0.2, 0) is 11.3 Å². The summed E-state index contributed by atoms with van der Waals surface area (Å²) in [5, 5.41) is 6.07. The first-order chi connectivity index (χ1) is 9.79. The number of carbonyl (C=O) groups is 1. The van der Waals surface area contributed by atoms with Gasteiger partial charge in [-0.05, 0) is 24.3 Å². The van der Waals surface area contributed by atoms with Gasteiger partial charge in [0.25, 0.3) is 0 Å². The van der Waals surface area contributed by atoms with Crippen molar-refractivity contribution in [2.24, 2.45) is 0 Å². The molecule has 4 rings (SSSR count). The number of thiophene rings is 1. The lowest BCUT2D eigenvalue weighted by molar-refractivity contribution is -0.128. The molecule has 20 heavy (non-hydrogen) atoms. The first-order valence-corrected chi connectivity index (χ1v) is 7.81. The van der Waals surface area contributed by atoms with Crippen LogP contribution in [0.25, 0.3) is 0 Å². The molecule has 1 aliphatic carbocycles. The van der Waals surface area contributed by atoms with Crippen LogP contribution in [-0.4, -0.2) is 27.5 Å². The molecule has 0 spiro atoms. The molecule has 1 saturated carbocycles. The largest absolute Gasteiger partial charge is 0.339 e. The minimum Gasteiger partial charge on any atom is -0.339 e. The number of carbonyl (C=O) groups excluding carboxylic acids is 1. The van der Waals surface area contributed by atoms with Gasteiger partial charge in [0.2, 0.25) is 11.8 Å². The van der Waals surface area contributed by atoms with Crippen LogP contribution in [0.3, 0.4) is 0 Å². The molecule has 3 heterocycles. The van der Waals surface area contributed by atoms with Crippen LogP contribution in [0.4, 0.5) is 0 Å². The number of amides is 1. The van der Waals surface area contributed by atoms with Crippen molar-refractivity contribution in [2.75, 3.05) is 6.54 Å². The van der Waals surface area contributed by atoms with Gasteiger partial charge in [0, 0.05) is 23.8 Å². The van der Waals surface area contributed by atoms with Gasteiger partial charge in [0.1, 0.15) is 0 Å². The van der Waals surface area contributed by atoms with Crippen LogP contribution in [0, 0.1) is 0 Å². The quantitative estimate of drug-likeness (QED) is 0.867. The number of nitrogens with zero attached hydrogens (tertiary/aromatic N) is 3. The Labute approximate surface area is 120 Å². The molecule has 6 heteroatoms. The van der Waals surface area contributed by atoms with Crippen LogP contribution in [0.2, 0.25) is 0 Å². The molecule has 0 aromatic carbocycles. The topological polar surface area (TPSA) is 59.2 Å². The molecule has 2 aromatic heterocycles. The molecule has 0 bridgehead atoms. The molecular formula is C14H15N3O2S. The van der Waals surface area contributed by atoms with Crippen molar-refractivity contribution in [3.05, 3.63) is 34.1 Å². The average molecular weight is 289 g/mol. The zero-order valence-electron chi connectivity index (χ0n) is 11.0. The van der Waals surface area contributed by atoms with Gasteiger partial charge in [0.15, 0.2) is 5.82 Å². The molecule has 2 aliphatic rings. The van der Waals surface area contributed by atoms with E-state index in [-0.39, 0.29) is 11.8 Å². The van der Waals surface area contributed by atoms with Crippen LogP contribution in [0.5, 0.6) is 0 Å². The number of rotatable bonds is 4. The maximum absolute atomic E-state index is 12.1. The molecular weight excluding hydrogens is 274 g/mol. The first-order valence-electron chi connectivity index (χ1n) is 6.93. The van der Waals surface area contributed by atoms with Gasteiger partial charge in [0.05, 0.1) is 12.5 Å². The van der Waals surface area contributed by atoms with Gasteiger partial charge in [-0.3, -0.25) is 4.79 Å². The molecule has 1 saturated heterocycles. The third kappa shape index (κ3) is 2.24. The van der Waals surface area contributed by atoms with Crippen molar-refractivity contribution in [2.45, 2.75) is 37.6 Å². The Morgan fingerprint density at radius 2 is 2.30 bits per heavy atom. The molecule has 2 fully saturated rings. The fourth-order valence-corrected chi connectivity index (χ4v) is 3.32. The maximum Gasteiger partial charge on any atom is 0.232 e. The Morgan fingerprint density at radius 3 is 3.05 bits per heavy atom. The molecule has 1 amide bonds. The van der Waals surface area contributed by atoms with Crippen molar-refractivity contribution in [3.63, 3.8) is 0 Å². The van der Waals surface area contributed by atoms with E-state index in [1.54, 1.807) is 11.3 Å². The summed E-state index contributed by atoms with van der Waals surface area (Å²) in [6.07, 6.45) is 2.80. The summed E-state index contributed by atoms with van der Waals surface area (Å²) in [4.78, 5) is 19.6. The Kier molecular flexibility index (Phi) is 2.84. The van der Waals surface area contributed by atoms with Crippen molar-refractivity contribution >= 4 is 17.2 Å². The minimum atomic E-state index is 0.0578. The SMILES string of the molecule is O=C1C[C@H](c2nc(C3CC3)no2)CN1Cc1cccs1. The van der Waals surface area contributed by atoms with E-state index < -0.39 is 0 Å². The van der Waals surface area contributed by atoms with Crippen LogP contribution in [0.15, 0.2) is 22.0 Å². The van der Waals surface area contributed by atoms with E-state index in [4.69, 9.17) is 4.52 Å². The maximum atomic E-state index is 12.1. The number of likely N-dealkylation sites (tertiary alicyclic amines) is 1. The lowest BCUT2D eigenvalue weighted by Gasteiger charge is -2.14. The monoisotopic (exact) mass is 289 g/mol. The highest BCUT2D eigenvalue weighted by Gasteiger charge is 2.36. The second-order valence-corrected chi connectivity index (χ2v) is 6.55. The van der Waals surface area contributed by atoms with Crippen molar-refractivity contribution in [3.8, 4) is 0 Å². The van der Waals surface area contributed by atoms with Gasteiger partial charge in [-0.25, -0.2) is 0 Å². The van der Waals surface area contributed by atoms with E-state index in [0.717, 1.165) is 18.7 Å². The van der Waals surface area contributed by atoms with Crippen LogP contribution < -0.4 is 0 Å². The number of hydrogen-bond acceptors (Lipinski definition) is 5. The summed E-state index contributed by atoms with van der Waals surface area (Å²) in [5.74, 6) is 2.18. The molecule has 1 aliphatic heterocycles. The van der Waals surface area contributed by atoms with Gasteiger partial charge in [-0.2, -0.15) is 4.98 Å². The summed E-state index contributed by atoms with van der Waals surface area (Å²) in [6.45, 7) is 1.37. The number of hydrogen-bond donors (Lipinski definition) is 0. The van der Waals surface area contributed by atoms with Crippen LogP contribution in [0.1, 0.15) is 47.7 Å². The van der Waals surface area contributed by atoms with E-state index in [1.165, 1.54) is 4.88 Å². The molecule has 104 valence electrons. The molecule has 5 nitrogen and oxygen atoms in total. The highest BCUT2D eigenvalue weighted by molar-refractivity contribution is 7.09. The van der Waals surface area contributed by atoms with Crippen LogP contribution >= 0.6 is 11.3 Å². The summed E-state index contributed by atoms with van der Waals surface area (Å²) < 4.78 is 5.34. The predicted molar refractivity (Wildman–Crippen MR) is 73.4 cm³/mol. The highest BCUT2D eigenvalue weighted by Crippen LogP contribution is 2.39. The average Bonchev–Trinajstić information content (AvgIpc) is 2.89. The Morgan fingerprint density at radius 1 is 1.40 bits per heavy atom. The van der Waals surface area contributed by atoms with Crippen molar-refractivity contribution < 1.29 is 9.32 Å². The summed E-state index contributed by atoms with van der Waals surface area (Å²) in [6, 6.07) is 4.07. The minimum absolute atomic E-state index is 0.0578. The summed E-state index contributed by atoms with van der Waals surface area (Å²) in [5.41, 5.74) is 0. The van der Waals surface area contributed by atoms with Gasteiger partial charge >= 0.3 is 0 Å². The summed E-state index contributed by atoms with van der Waals surface area (Å²) >= 11 is 1.68. The second kappa shape index (κ2) is 4.70. The molecule has 2 aromatic rings. The normalized spacial score (nSPS) is 22.7. The molecule has 1 atom stereocenters. The Bertz CT molecular complexity index is 618. The fraction of sp³-hybridized carbons (Fsp3) is 0.500. The highest BCUT2D eigenvalue weighted by atomic mass is 32.1. The van der Waals surface area contributed by atoms with Gasteiger partial charge < -0.3 is 9.42 Å². The standard InChI is InChI=1S/C14H15N3O2S/c18-12-6-10(7-17(12)8-11-2-1-5-20-11)14-15-13(16-19-14)9-3-4-9/h1-2,5,9-10H,3-4,6-8H2/t10-/m0/s1. The lowest BCUT2D eigenvalue weighted by atomic mass is 10.1. The predicted octanol–water partition coefficient (Wildman–Crippen LogP) is 2.52. The van der Waals surface area contributed by atoms with E-state index in [2.05, 4.69) is 16.2 Å². The zero-order chi connectivity index (χ0) is 13.5. The van der Waals surface area contributed by atoms with E-state index in [0.29, 0.717) is 31.3 Å². The van der Waals surface area contributed by atoms with E-state index >= 15 is 0 Å². The summed E-state index contributed by atoms with van der Waals surface area (Å²) in [7, 11) is 0. The number of aromatic nitrogens is 2. The molecule has 0 N–H and O–H groups in total. The Balaban J connectivity index is 1.46. The first kappa shape index (κ1) is 12.1. The smallest absolute Gasteiger partial charge is 0.232 e. The van der Waals surface area contributed by atoms with Crippen molar-refractivity contribution in [1.82, 2.24) is 15.0 Å². The molecule has 0 radical (unpaired) electrons. The fourth-order valence-electron chi connectivity index (χ4n) is 2.60. The Hall–Kier alpha value is -1.69. The zero-order valence-corrected chi connectivity index (χ0v) is 11.8. The second-order valence-electron chi connectivity index (χ2n) is 5.52. The van der Waals surface area contributed by atoms with Gasteiger partial charge in [-0.15, -0.1) is 11.3 Å². The van der Waals surface area contributed by atoms with E-state index in [9.17, 15) is 4.79 Å². The third-order valence-electron chi connectivity index (χ3n) is 3.89. The lowest BCUT2D eigenvalue weighted by Crippen LogP contribution is -2.23. The molecule has 0 unspecified atom stereocenters. The third-order valence-corrected chi connectivity index (χ3v) is 4.75.